The van der Waals surface area contributed by atoms with Crippen molar-refractivity contribution in [2.75, 3.05) is 13.1 Å². The molecule has 2 aromatic carbocycles. The van der Waals surface area contributed by atoms with E-state index in [0.717, 1.165) is 31.7 Å². The molecule has 0 aromatic heterocycles. The van der Waals surface area contributed by atoms with E-state index in [1.54, 1.807) is 0 Å². The first-order valence-corrected chi connectivity index (χ1v) is 7.82. The molecule has 0 spiro atoms. The molecule has 1 unspecified atom stereocenters. The van der Waals surface area contributed by atoms with E-state index in [9.17, 15) is 0 Å². The third kappa shape index (κ3) is 5.24. The Morgan fingerprint density at radius 3 is 2.19 bits per heavy atom. The predicted molar refractivity (Wildman–Crippen MR) is 88.9 cm³/mol. The Labute approximate surface area is 128 Å². The van der Waals surface area contributed by atoms with E-state index in [1.807, 2.05) is 0 Å². The fraction of sp³-hybridized carbons (Fsp3) is 0.368. The van der Waals surface area contributed by atoms with Crippen LogP contribution in [0, 0.1) is 0 Å². The Balaban J connectivity index is 1.92. The van der Waals surface area contributed by atoms with Crippen molar-refractivity contribution in [3.63, 3.8) is 0 Å². The molecule has 21 heavy (non-hydrogen) atoms. The maximum atomic E-state index is 6.01. The molecule has 2 heteroatoms. The Hall–Kier alpha value is -1.80. The molecule has 1 N–H and O–H groups in total. The van der Waals surface area contributed by atoms with E-state index in [1.165, 1.54) is 11.1 Å². The molecular formula is C19H25NO. The van der Waals surface area contributed by atoms with E-state index in [4.69, 9.17) is 4.74 Å². The minimum absolute atomic E-state index is 0.241. The lowest BCUT2D eigenvalue weighted by molar-refractivity contribution is 0.194. The molecule has 112 valence electrons. The summed E-state index contributed by atoms with van der Waals surface area (Å²) < 4.78 is 6.01. The number of likely N-dealkylation sites (N-methyl/N-ethyl adjacent to an activating group) is 1. The Kier molecular flexibility index (Phi) is 6.29. The van der Waals surface area contributed by atoms with Gasteiger partial charge in [0.1, 0.15) is 11.9 Å². The standard InChI is InChI=1S/C19H25NO/c1-3-18(15-20-4-2)21-19-12-10-17(11-13-19)14-16-8-6-5-7-9-16/h5-13,18,20H,3-4,14-15H2,1-2H3. The van der Waals surface area contributed by atoms with Crippen molar-refractivity contribution in [3.8, 4) is 5.75 Å². The lowest BCUT2D eigenvalue weighted by Crippen LogP contribution is -2.30. The number of nitrogens with one attached hydrogen (secondary N) is 1. The molecule has 2 rings (SSSR count). The first-order chi connectivity index (χ1) is 10.3. The van der Waals surface area contributed by atoms with Crippen molar-refractivity contribution in [1.29, 1.82) is 0 Å². The van der Waals surface area contributed by atoms with Gasteiger partial charge in [0.2, 0.25) is 0 Å². The summed E-state index contributed by atoms with van der Waals surface area (Å²) in [5.74, 6) is 0.955. The monoisotopic (exact) mass is 283 g/mol. The SMILES string of the molecule is CCNCC(CC)Oc1ccc(Cc2ccccc2)cc1. The summed E-state index contributed by atoms with van der Waals surface area (Å²) in [6.07, 6.45) is 2.22. The van der Waals surface area contributed by atoms with E-state index in [2.05, 4.69) is 73.8 Å². The van der Waals surface area contributed by atoms with Crippen LogP contribution >= 0.6 is 0 Å². The van der Waals surface area contributed by atoms with Crippen molar-refractivity contribution in [3.05, 3.63) is 65.7 Å². The van der Waals surface area contributed by atoms with E-state index in [0.29, 0.717) is 0 Å². The molecule has 0 radical (unpaired) electrons. The summed E-state index contributed by atoms with van der Waals surface area (Å²) in [5.41, 5.74) is 2.65. The summed E-state index contributed by atoms with van der Waals surface area (Å²) in [5, 5.41) is 3.34. The minimum Gasteiger partial charge on any atom is -0.489 e. The molecule has 2 aromatic rings. The van der Waals surface area contributed by atoms with Crippen molar-refractivity contribution in [2.24, 2.45) is 0 Å². The largest absolute Gasteiger partial charge is 0.489 e. The normalized spacial score (nSPS) is 12.1. The molecule has 0 bridgehead atoms. The fourth-order valence-electron chi connectivity index (χ4n) is 2.28. The fourth-order valence-corrected chi connectivity index (χ4v) is 2.28. The lowest BCUT2D eigenvalue weighted by atomic mass is 10.1. The Morgan fingerprint density at radius 2 is 1.57 bits per heavy atom. The number of hydrogen-bond donors (Lipinski definition) is 1. The van der Waals surface area contributed by atoms with E-state index >= 15 is 0 Å². The first-order valence-electron chi connectivity index (χ1n) is 7.82. The van der Waals surface area contributed by atoms with Crippen LogP contribution in [0.4, 0.5) is 0 Å². The maximum Gasteiger partial charge on any atom is 0.119 e. The van der Waals surface area contributed by atoms with Gasteiger partial charge in [0.15, 0.2) is 0 Å². The highest BCUT2D eigenvalue weighted by Gasteiger charge is 2.07. The molecule has 0 aliphatic rings. The van der Waals surface area contributed by atoms with Crippen LogP contribution in [0.25, 0.3) is 0 Å². The van der Waals surface area contributed by atoms with Crippen LogP contribution in [0.5, 0.6) is 5.75 Å². The third-order valence-electron chi connectivity index (χ3n) is 3.55. The summed E-state index contributed by atoms with van der Waals surface area (Å²) >= 11 is 0. The average molecular weight is 283 g/mol. The summed E-state index contributed by atoms with van der Waals surface area (Å²) in [6, 6.07) is 19.0. The van der Waals surface area contributed by atoms with Crippen molar-refractivity contribution < 1.29 is 4.74 Å². The first kappa shape index (κ1) is 15.6. The number of benzene rings is 2. The molecule has 0 aliphatic heterocycles. The predicted octanol–water partition coefficient (Wildman–Crippen LogP) is 4.04. The molecule has 0 fully saturated rings. The topological polar surface area (TPSA) is 21.3 Å². The molecule has 0 amide bonds. The van der Waals surface area contributed by atoms with Crippen LogP contribution in [0.1, 0.15) is 31.4 Å². The molecule has 0 saturated carbocycles. The second-order valence-electron chi connectivity index (χ2n) is 5.26. The van der Waals surface area contributed by atoms with Crippen molar-refractivity contribution in [2.45, 2.75) is 32.8 Å². The quantitative estimate of drug-likeness (QED) is 0.789. The van der Waals surface area contributed by atoms with Crippen LogP contribution < -0.4 is 10.1 Å². The van der Waals surface area contributed by atoms with Gasteiger partial charge in [-0.15, -0.1) is 0 Å². The van der Waals surface area contributed by atoms with Crippen molar-refractivity contribution in [1.82, 2.24) is 5.32 Å². The van der Waals surface area contributed by atoms with Gasteiger partial charge >= 0.3 is 0 Å². The van der Waals surface area contributed by atoms with Gasteiger partial charge in [-0.2, -0.15) is 0 Å². The number of ether oxygens (including phenoxy) is 1. The molecule has 2 nitrogen and oxygen atoms in total. The second-order valence-corrected chi connectivity index (χ2v) is 5.26. The van der Waals surface area contributed by atoms with Crippen molar-refractivity contribution >= 4 is 0 Å². The van der Waals surface area contributed by atoms with Crippen LogP contribution in [0.2, 0.25) is 0 Å². The Bertz CT molecular complexity index is 507. The van der Waals surface area contributed by atoms with E-state index < -0.39 is 0 Å². The van der Waals surface area contributed by atoms with Gasteiger partial charge in [-0.1, -0.05) is 56.3 Å². The van der Waals surface area contributed by atoms with Crippen LogP contribution in [0.3, 0.4) is 0 Å². The zero-order valence-electron chi connectivity index (χ0n) is 13.0. The second kappa shape index (κ2) is 8.48. The molecule has 0 heterocycles. The highest BCUT2D eigenvalue weighted by Crippen LogP contribution is 2.17. The minimum atomic E-state index is 0.241. The van der Waals surface area contributed by atoms with Gasteiger partial charge < -0.3 is 10.1 Å². The average Bonchev–Trinajstić information content (AvgIpc) is 2.54. The number of hydrogen-bond acceptors (Lipinski definition) is 2. The smallest absolute Gasteiger partial charge is 0.119 e. The Morgan fingerprint density at radius 1 is 0.905 bits per heavy atom. The molecule has 1 atom stereocenters. The molecule has 0 aliphatic carbocycles. The highest BCUT2D eigenvalue weighted by molar-refractivity contribution is 5.31. The zero-order valence-corrected chi connectivity index (χ0v) is 13.0. The van der Waals surface area contributed by atoms with E-state index in [-0.39, 0.29) is 6.10 Å². The zero-order chi connectivity index (χ0) is 14.9. The van der Waals surface area contributed by atoms with Crippen LogP contribution in [-0.4, -0.2) is 19.2 Å². The van der Waals surface area contributed by atoms with Gasteiger partial charge in [0.25, 0.3) is 0 Å². The van der Waals surface area contributed by atoms with Gasteiger partial charge in [0.05, 0.1) is 0 Å². The lowest BCUT2D eigenvalue weighted by Gasteiger charge is -2.18. The maximum absolute atomic E-state index is 6.01. The summed E-state index contributed by atoms with van der Waals surface area (Å²) in [4.78, 5) is 0. The third-order valence-corrected chi connectivity index (χ3v) is 3.55. The summed E-state index contributed by atoms with van der Waals surface area (Å²) in [7, 11) is 0. The highest BCUT2D eigenvalue weighted by atomic mass is 16.5. The van der Waals surface area contributed by atoms with Gasteiger partial charge in [-0.25, -0.2) is 0 Å². The van der Waals surface area contributed by atoms with Gasteiger partial charge in [-0.05, 0) is 42.6 Å². The van der Waals surface area contributed by atoms with Crippen LogP contribution in [0.15, 0.2) is 54.6 Å². The van der Waals surface area contributed by atoms with Gasteiger partial charge in [-0.3, -0.25) is 0 Å². The van der Waals surface area contributed by atoms with Crippen LogP contribution in [-0.2, 0) is 6.42 Å². The van der Waals surface area contributed by atoms with Gasteiger partial charge in [0, 0.05) is 6.54 Å². The molecule has 0 saturated heterocycles. The summed E-state index contributed by atoms with van der Waals surface area (Å²) in [6.45, 7) is 6.16. The molecular weight excluding hydrogens is 258 g/mol. The number of rotatable bonds is 8.